The summed E-state index contributed by atoms with van der Waals surface area (Å²) in [5, 5.41) is 9.61. The highest BCUT2D eigenvalue weighted by molar-refractivity contribution is 6.30. The number of halogens is 1. The van der Waals surface area contributed by atoms with E-state index < -0.39 is 5.41 Å². The molecule has 0 unspecified atom stereocenters. The zero-order chi connectivity index (χ0) is 17.9. The second-order valence-electron chi connectivity index (χ2n) is 6.75. The van der Waals surface area contributed by atoms with Crippen molar-refractivity contribution in [3.8, 4) is 6.07 Å². The molecule has 0 spiro atoms. The van der Waals surface area contributed by atoms with Gasteiger partial charge in [-0.2, -0.15) is 5.26 Å². The number of carbonyl (C=O) groups is 2. The number of amides is 1. The molecule has 0 fully saturated rings. The monoisotopic (exact) mass is 345 g/mol. The number of pyridine rings is 1. The van der Waals surface area contributed by atoms with Crippen LogP contribution in [0.3, 0.4) is 0 Å². The number of rotatable bonds is 4. The summed E-state index contributed by atoms with van der Waals surface area (Å²) < 4.78 is 0. The van der Waals surface area contributed by atoms with E-state index in [0.717, 1.165) is 0 Å². The van der Waals surface area contributed by atoms with Crippen LogP contribution in [0.2, 0.25) is 5.02 Å². The standard InChI is InChI=1S/C18H20ClN3O2/c1-18(2)9-12(8-13(10-20)16(18)23)6-7-22(3)17(24)15-5-4-14(19)11-21-15/h4-5,8,11-12H,6-7,9H2,1-3H3/t12-/m1/s1. The molecule has 1 aromatic rings. The molecule has 0 aromatic carbocycles. The number of carbonyl (C=O) groups excluding carboxylic acids is 2. The van der Waals surface area contributed by atoms with Crippen molar-refractivity contribution in [3.63, 3.8) is 0 Å². The molecule has 0 saturated heterocycles. The molecule has 1 aliphatic carbocycles. The normalized spacial score (nSPS) is 19.4. The molecular formula is C18H20ClN3O2. The van der Waals surface area contributed by atoms with E-state index in [4.69, 9.17) is 16.9 Å². The van der Waals surface area contributed by atoms with Gasteiger partial charge in [-0.25, -0.2) is 4.98 Å². The molecule has 1 heterocycles. The largest absolute Gasteiger partial charge is 0.340 e. The predicted octanol–water partition coefficient (Wildman–Crippen LogP) is 3.26. The molecule has 5 nitrogen and oxygen atoms in total. The van der Waals surface area contributed by atoms with Crippen LogP contribution in [0.4, 0.5) is 0 Å². The van der Waals surface area contributed by atoms with Gasteiger partial charge in [0.15, 0.2) is 5.78 Å². The number of hydrogen-bond acceptors (Lipinski definition) is 4. The van der Waals surface area contributed by atoms with E-state index in [0.29, 0.717) is 30.1 Å². The van der Waals surface area contributed by atoms with Gasteiger partial charge in [-0.15, -0.1) is 0 Å². The number of nitriles is 1. The SMILES string of the molecule is CN(CC[C@@H]1C=C(C#N)C(=O)C(C)(C)C1)C(=O)c1ccc(Cl)cn1. The number of nitrogens with zero attached hydrogens (tertiary/aromatic N) is 3. The first-order valence-corrected chi connectivity index (χ1v) is 8.16. The Labute approximate surface area is 146 Å². The van der Waals surface area contributed by atoms with Gasteiger partial charge in [0.2, 0.25) is 0 Å². The Morgan fingerprint density at radius 3 is 2.79 bits per heavy atom. The van der Waals surface area contributed by atoms with Crippen LogP contribution in [0.25, 0.3) is 0 Å². The third-order valence-electron chi connectivity index (χ3n) is 4.28. The van der Waals surface area contributed by atoms with E-state index in [2.05, 4.69) is 4.98 Å². The summed E-state index contributed by atoms with van der Waals surface area (Å²) in [6.45, 7) is 4.24. The molecule has 0 bridgehead atoms. The highest BCUT2D eigenvalue weighted by Gasteiger charge is 2.36. The van der Waals surface area contributed by atoms with E-state index in [1.807, 2.05) is 19.9 Å². The number of aromatic nitrogens is 1. The summed E-state index contributed by atoms with van der Waals surface area (Å²) in [5.74, 6) is -0.181. The van der Waals surface area contributed by atoms with Crippen LogP contribution in [0.5, 0.6) is 0 Å². The molecule has 0 aliphatic heterocycles. The van der Waals surface area contributed by atoms with Crippen molar-refractivity contribution in [1.82, 2.24) is 9.88 Å². The lowest BCUT2D eigenvalue weighted by molar-refractivity contribution is -0.124. The van der Waals surface area contributed by atoms with Crippen molar-refractivity contribution in [2.75, 3.05) is 13.6 Å². The third kappa shape index (κ3) is 4.01. The van der Waals surface area contributed by atoms with Crippen LogP contribution in [-0.2, 0) is 4.79 Å². The highest BCUT2D eigenvalue weighted by Crippen LogP contribution is 2.36. The van der Waals surface area contributed by atoms with E-state index in [1.165, 1.54) is 6.20 Å². The summed E-state index contributed by atoms with van der Waals surface area (Å²) in [7, 11) is 1.71. The molecular weight excluding hydrogens is 326 g/mol. The molecule has 0 radical (unpaired) electrons. The Balaban J connectivity index is 2.01. The zero-order valence-corrected chi connectivity index (χ0v) is 14.8. The minimum absolute atomic E-state index is 0.0979. The molecule has 1 amide bonds. The van der Waals surface area contributed by atoms with Gasteiger partial charge in [0.25, 0.3) is 5.91 Å². The van der Waals surface area contributed by atoms with Crippen LogP contribution < -0.4 is 0 Å². The average molecular weight is 346 g/mol. The van der Waals surface area contributed by atoms with Gasteiger partial charge in [-0.1, -0.05) is 31.5 Å². The second-order valence-corrected chi connectivity index (χ2v) is 7.18. The third-order valence-corrected chi connectivity index (χ3v) is 4.51. The minimum atomic E-state index is -0.537. The minimum Gasteiger partial charge on any atom is -0.340 e. The Morgan fingerprint density at radius 1 is 1.50 bits per heavy atom. The Bertz CT molecular complexity index is 717. The highest BCUT2D eigenvalue weighted by atomic mass is 35.5. The van der Waals surface area contributed by atoms with Crippen molar-refractivity contribution in [2.45, 2.75) is 26.7 Å². The van der Waals surface area contributed by atoms with Gasteiger partial charge < -0.3 is 4.90 Å². The van der Waals surface area contributed by atoms with Gasteiger partial charge in [0, 0.05) is 25.2 Å². The fourth-order valence-electron chi connectivity index (χ4n) is 2.92. The van der Waals surface area contributed by atoms with Crippen molar-refractivity contribution in [2.24, 2.45) is 11.3 Å². The molecule has 0 N–H and O–H groups in total. The van der Waals surface area contributed by atoms with E-state index in [-0.39, 0.29) is 23.2 Å². The summed E-state index contributed by atoms with van der Waals surface area (Å²) in [4.78, 5) is 30.1. The van der Waals surface area contributed by atoms with Crippen molar-refractivity contribution < 1.29 is 9.59 Å². The van der Waals surface area contributed by atoms with E-state index in [9.17, 15) is 9.59 Å². The number of ketones is 1. The predicted molar refractivity (Wildman–Crippen MR) is 91.4 cm³/mol. The summed E-state index contributed by atoms with van der Waals surface area (Å²) >= 11 is 5.78. The second kappa shape index (κ2) is 7.14. The van der Waals surface area contributed by atoms with Gasteiger partial charge in [0.05, 0.1) is 10.6 Å². The van der Waals surface area contributed by atoms with Crippen molar-refractivity contribution in [1.29, 1.82) is 5.26 Å². The Kier molecular flexibility index (Phi) is 5.40. The van der Waals surface area contributed by atoms with Crippen LogP contribution in [0, 0.1) is 22.7 Å². The van der Waals surface area contributed by atoms with Gasteiger partial charge in [-0.05, 0) is 30.9 Å². The van der Waals surface area contributed by atoms with Crippen molar-refractivity contribution in [3.05, 3.63) is 40.7 Å². The number of Topliss-reactive ketones (excluding diaryl/α,β-unsaturated/α-hetero) is 1. The Morgan fingerprint density at radius 2 is 2.21 bits per heavy atom. The first-order valence-electron chi connectivity index (χ1n) is 7.78. The molecule has 1 aliphatic rings. The summed E-state index contributed by atoms with van der Waals surface area (Å²) in [6, 6.07) is 5.22. The van der Waals surface area contributed by atoms with Crippen LogP contribution in [0.15, 0.2) is 30.0 Å². The smallest absolute Gasteiger partial charge is 0.272 e. The maximum atomic E-state index is 12.3. The summed E-state index contributed by atoms with van der Waals surface area (Å²) in [5.41, 5.74) is 0.0315. The molecule has 24 heavy (non-hydrogen) atoms. The maximum Gasteiger partial charge on any atom is 0.272 e. The maximum absolute atomic E-state index is 12.3. The lowest BCUT2D eigenvalue weighted by atomic mass is 9.71. The van der Waals surface area contributed by atoms with E-state index in [1.54, 1.807) is 30.2 Å². The van der Waals surface area contributed by atoms with Crippen molar-refractivity contribution >= 4 is 23.3 Å². The van der Waals surface area contributed by atoms with Gasteiger partial charge >= 0.3 is 0 Å². The molecule has 1 aromatic heterocycles. The average Bonchev–Trinajstić information content (AvgIpc) is 2.55. The van der Waals surface area contributed by atoms with E-state index >= 15 is 0 Å². The van der Waals surface area contributed by atoms with Gasteiger partial charge in [-0.3, -0.25) is 9.59 Å². The molecule has 0 saturated carbocycles. The molecule has 6 heteroatoms. The number of hydrogen-bond donors (Lipinski definition) is 0. The lowest BCUT2D eigenvalue weighted by Crippen LogP contribution is -2.34. The quantitative estimate of drug-likeness (QED) is 0.839. The zero-order valence-electron chi connectivity index (χ0n) is 14.0. The molecule has 126 valence electrons. The first kappa shape index (κ1) is 18.2. The van der Waals surface area contributed by atoms with Crippen LogP contribution in [0.1, 0.15) is 37.2 Å². The fourth-order valence-corrected chi connectivity index (χ4v) is 3.03. The lowest BCUT2D eigenvalue weighted by Gasteiger charge is -2.32. The fraction of sp³-hybridized carbons (Fsp3) is 0.444. The van der Waals surface area contributed by atoms with Crippen LogP contribution in [-0.4, -0.2) is 35.2 Å². The van der Waals surface area contributed by atoms with Gasteiger partial charge in [0.1, 0.15) is 11.8 Å². The van der Waals surface area contributed by atoms with Crippen LogP contribution >= 0.6 is 11.6 Å². The Hall–Kier alpha value is -2.19. The first-order chi connectivity index (χ1) is 11.2. The molecule has 1 atom stereocenters. The number of allylic oxidation sites excluding steroid dienone is 2. The molecule has 2 rings (SSSR count). The summed E-state index contributed by atoms with van der Waals surface area (Å²) in [6.07, 6.45) is 4.56. The topological polar surface area (TPSA) is 74.1 Å².